The molecule has 0 atom stereocenters. The van der Waals surface area contributed by atoms with E-state index in [0.29, 0.717) is 21.7 Å². The van der Waals surface area contributed by atoms with Gasteiger partial charge in [0.25, 0.3) is 0 Å². The van der Waals surface area contributed by atoms with Crippen molar-refractivity contribution in [3.8, 4) is 5.75 Å². The molecule has 90 valence electrons. The Bertz CT molecular complexity index is 514. The molecule has 0 spiro atoms. The molecule has 0 unspecified atom stereocenters. The van der Waals surface area contributed by atoms with Gasteiger partial charge in [-0.2, -0.15) is 0 Å². The van der Waals surface area contributed by atoms with Crippen LogP contribution in [0.25, 0.3) is 0 Å². The Hall–Kier alpha value is -1.87. The second-order valence-electron chi connectivity index (χ2n) is 3.03. The van der Waals surface area contributed by atoms with Crippen molar-refractivity contribution in [3.05, 3.63) is 12.7 Å². The minimum absolute atomic E-state index is 0.423. The minimum atomic E-state index is 0.423. The molecule has 3 N–H and O–H groups in total. The number of rotatable bonds is 4. The Balaban J connectivity index is 2.36. The molecule has 17 heavy (non-hydrogen) atoms. The van der Waals surface area contributed by atoms with E-state index in [1.165, 1.54) is 25.2 Å². The summed E-state index contributed by atoms with van der Waals surface area (Å²) < 4.78 is 6.99. The number of hydrogen-bond donors (Lipinski definition) is 2. The highest BCUT2D eigenvalue weighted by Gasteiger charge is 2.14. The van der Waals surface area contributed by atoms with E-state index in [2.05, 4.69) is 25.6 Å². The van der Waals surface area contributed by atoms with Gasteiger partial charge in [0.05, 0.1) is 7.11 Å². The zero-order chi connectivity index (χ0) is 12.3. The van der Waals surface area contributed by atoms with Crippen molar-refractivity contribution in [2.75, 3.05) is 12.5 Å². The van der Waals surface area contributed by atoms with Crippen LogP contribution in [0.4, 0.5) is 5.82 Å². The number of hydrazine groups is 1. The van der Waals surface area contributed by atoms with Crippen LogP contribution < -0.4 is 16.0 Å². The van der Waals surface area contributed by atoms with E-state index in [0.717, 1.165) is 0 Å². The molecule has 0 aliphatic rings. The summed E-state index contributed by atoms with van der Waals surface area (Å²) in [6, 6.07) is 0. The van der Waals surface area contributed by atoms with Crippen molar-refractivity contribution < 1.29 is 4.74 Å². The number of nitrogens with zero attached hydrogens (tertiary/aromatic N) is 5. The lowest BCUT2D eigenvalue weighted by molar-refractivity contribution is 0.400. The van der Waals surface area contributed by atoms with Gasteiger partial charge < -0.3 is 14.7 Å². The maximum atomic E-state index is 5.34. The van der Waals surface area contributed by atoms with Crippen molar-refractivity contribution in [1.82, 2.24) is 24.7 Å². The summed E-state index contributed by atoms with van der Waals surface area (Å²) in [6.07, 6.45) is 3.01. The number of methoxy groups -OCH3 is 1. The standard InChI is InChI=1S/C8H11N7OS/c1-15-4-12-14-8(15)17-7-5(16-2)6(13-9)10-3-11-7/h3-4H,9H2,1-2H3,(H,10,11,13). The van der Waals surface area contributed by atoms with Crippen molar-refractivity contribution in [1.29, 1.82) is 0 Å². The lowest BCUT2D eigenvalue weighted by Gasteiger charge is -2.09. The van der Waals surface area contributed by atoms with Gasteiger partial charge >= 0.3 is 0 Å². The zero-order valence-corrected chi connectivity index (χ0v) is 10.1. The van der Waals surface area contributed by atoms with Crippen LogP contribution in [0.5, 0.6) is 5.75 Å². The third-order valence-electron chi connectivity index (χ3n) is 1.97. The summed E-state index contributed by atoms with van der Waals surface area (Å²) in [5.41, 5.74) is 2.45. The first-order valence-electron chi connectivity index (χ1n) is 4.63. The highest BCUT2D eigenvalue weighted by molar-refractivity contribution is 7.99. The van der Waals surface area contributed by atoms with Crippen LogP contribution >= 0.6 is 11.8 Å². The molecule has 0 aromatic carbocycles. The molecule has 0 aliphatic heterocycles. The summed E-state index contributed by atoms with van der Waals surface area (Å²) in [6.45, 7) is 0. The van der Waals surface area contributed by atoms with Gasteiger partial charge in [0, 0.05) is 7.05 Å². The molecule has 0 bridgehead atoms. The zero-order valence-electron chi connectivity index (χ0n) is 9.28. The van der Waals surface area contributed by atoms with E-state index in [9.17, 15) is 0 Å². The molecule has 9 heteroatoms. The predicted octanol–water partition coefficient (Wildman–Crippen LogP) is 0.0505. The van der Waals surface area contributed by atoms with Crippen LogP contribution in [0.3, 0.4) is 0 Å². The number of ether oxygens (including phenoxy) is 1. The summed E-state index contributed by atoms with van der Waals surface area (Å²) >= 11 is 1.32. The Labute approximate surface area is 102 Å². The maximum absolute atomic E-state index is 5.34. The fourth-order valence-corrected chi connectivity index (χ4v) is 1.99. The van der Waals surface area contributed by atoms with Crippen LogP contribution in [-0.4, -0.2) is 31.8 Å². The third kappa shape index (κ3) is 2.29. The number of anilines is 1. The van der Waals surface area contributed by atoms with Gasteiger partial charge in [0.1, 0.15) is 12.7 Å². The van der Waals surface area contributed by atoms with Gasteiger partial charge in [0.15, 0.2) is 21.7 Å². The van der Waals surface area contributed by atoms with E-state index in [-0.39, 0.29) is 0 Å². The summed E-state index contributed by atoms with van der Waals surface area (Å²) in [5, 5.41) is 9.05. The van der Waals surface area contributed by atoms with Gasteiger partial charge in [-0.3, -0.25) is 0 Å². The van der Waals surface area contributed by atoms with Gasteiger partial charge in [0.2, 0.25) is 0 Å². The van der Waals surface area contributed by atoms with Crippen LogP contribution in [0.1, 0.15) is 0 Å². The fourth-order valence-electron chi connectivity index (χ4n) is 1.17. The first-order chi connectivity index (χ1) is 8.26. The second-order valence-corrected chi connectivity index (χ2v) is 3.99. The highest BCUT2D eigenvalue weighted by atomic mass is 32.2. The lowest BCUT2D eigenvalue weighted by atomic mass is 10.5. The highest BCUT2D eigenvalue weighted by Crippen LogP contribution is 2.34. The van der Waals surface area contributed by atoms with Gasteiger partial charge in [-0.15, -0.1) is 10.2 Å². The molecule has 0 saturated carbocycles. The number of nitrogens with one attached hydrogen (secondary N) is 1. The number of hydrogen-bond acceptors (Lipinski definition) is 8. The largest absolute Gasteiger partial charge is 0.490 e. The SMILES string of the molecule is COc1c(NN)ncnc1Sc1nncn1C. The second kappa shape index (κ2) is 4.97. The monoisotopic (exact) mass is 253 g/mol. The molecule has 0 aliphatic carbocycles. The summed E-state index contributed by atoms with van der Waals surface area (Å²) in [4.78, 5) is 8.08. The number of aryl methyl sites for hydroxylation is 1. The number of nitrogen functional groups attached to an aromatic ring is 1. The average Bonchev–Trinajstić information content (AvgIpc) is 2.74. The van der Waals surface area contributed by atoms with E-state index < -0.39 is 0 Å². The van der Waals surface area contributed by atoms with Gasteiger partial charge in [-0.25, -0.2) is 15.8 Å². The van der Waals surface area contributed by atoms with Crippen molar-refractivity contribution in [2.45, 2.75) is 10.2 Å². The van der Waals surface area contributed by atoms with Gasteiger partial charge in [-0.1, -0.05) is 0 Å². The minimum Gasteiger partial charge on any atom is -0.490 e. The molecule has 0 amide bonds. The van der Waals surface area contributed by atoms with Crippen molar-refractivity contribution in [2.24, 2.45) is 12.9 Å². The molecular weight excluding hydrogens is 242 g/mol. The molecule has 2 heterocycles. The Kier molecular flexibility index (Phi) is 3.40. The predicted molar refractivity (Wildman–Crippen MR) is 61.5 cm³/mol. The molecule has 2 rings (SSSR count). The third-order valence-corrected chi connectivity index (χ3v) is 3.01. The van der Waals surface area contributed by atoms with Crippen molar-refractivity contribution >= 4 is 17.6 Å². The molecule has 8 nitrogen and oxygen atoms in total. The number of nitrogens with two attached hydrogens (primary N) is 1. The fraction of sp³-hybridized carbons (Fsp3) is 0.250. The molecule has 0 fully saturated rings. The van der Waals surface area contributed by atoms with Crippen LogP contribution in [0, 0.1) is 0 Å². The molecule has 0 saturated heterocycles. The number of aromatic nitrogens is 5. The quantitative estimate of drug-likeness (QED) is 0.447. The van der Waals surface area contributed by atoms with E-state index in [1.807, 2.05) is 7.05 Å². The van der Waals surface area contributed by atoms with Crippen LogP contribution in [0.15, 0.2) is 22.8 Å². The van der Waals surface area contributed by atoms with E-state index in [4.69, 9.17) is 10.6 Å². The van der Waals surface area contributed by atoms with E-state index in [1.54, 1.807) is 10.9 Å². The Morgan fingerprint density at radius 1 is 1.47 bits per heavy atom. The smallest absolute Gasteiger partial charge is 0.197 e. The van der Waals surface area contributed by atoms with Crippen molar-refractivity contribution in [3.63, 3.8) is 0 Å². The van der Waals surface area contributed by atoms with Crippen LogP contribution in [0.2, 0.25) is 0 Å². The normalized spacial score (nSPS) is 10.3. The maximum Gasteiger partial charge on any atom is 0.197 e. The average molecular weight is 253 g/mol. The molecule has 2 aromatic heterocycles. The Morgan fingerprint density at radius 2 is 2.29 bits per heavy atom. The topological polar surface area (TPSA) is 104 Å². The molecular formula is C8H11N7OS. The molecule has 2 aromatic rings. The van der Waals surface area contributed by atoms with Gasteiger partial charge in [-0.05, 0) is 11.8 Å². The lowest BCUT2D eigenvalue weighted by Crippen LogP contribution is -2.11. The first-order valence-corrected chi connectivity index (χ1v) is 5.45. The molecule has 0 radical (unpaired) electrons. The Morgan fingerprint density at radius 3 is 2.88 bits per heavy atom. The summed E-state index contributed by atoms with van der Waals surface area (Å²) in [5.74, 6) is 6.23. The van der Waals surface area contributed by atoms with Crippen LogP contribution in [-0.2, 0) is 7.05 Å². The summed E-state index contributed by atoms with van der Waals surface area (Å²) in [7, 11) is 3.37. The van der Waals surface area contributed by atoms with E-state index >= 15 is 0 Å². The first kappa shape index (κ1) is 11.6.